The topological polar surface area (TPSA) is 0 Å². The summed E-state index contributed by atoms with van der Waals surface area (Å²) >= 11 is 0. The molecular weight excluding hydrogens is 394 g/mol. The van der Waals surface area contributed by atoms with E-state index in [1.54, 1.807) is 0 Å². The van der Waals surface area contributed by atoms with Crippen LogP contribution in [0.5, 0.6) is 0 Å². The van der Waals surface area contributed by atoms with Crippen LogP contribution in [-0.4, -0.2) is 25.6 Å². The molecule has 0 aliphatic heterocycles. The van der Waals surface area contributed by atoms with Crippen molar-refractivity contribution in [3.8, 4) is 0 Å². The van der Waals surface area contributed by atoms with E-state index in [1.165, 1.54) is 95.5 Å². The van der Waals surface area contributed by atoms with Gasteiger partial charge in [0.25, 0.3) is 0 Å². The number of benzene rings is 1. The molecule has 0 aromatic heterocycles. The molecule has 1 unspecified atom stereocenters. The highest BCUT2D eigenvalue weighted by atomic mass is 79.9. The molecule has 1 nitrogen and oxygen atoms in total. The average Bonchev–Trinajstić information content (AvgIpc) is 2.62. The second-order valence-corrected chi connectivity index (χ2v) is 9.07. The maximum Gasteiger partial charge on any atom is 0.114 e. The molecule has 0 heterocycles. The summed E-state index contributed by atoms with van der Waals surface area (Å²) in [5.74, 6) is 0. The SMILES string of the molecule is CCCCCCCCCCCCCCCC(c1ccccc1)[N+](C)(C)C.[Br-]. The molecule has 0 spiro atoms. The number of quaternary nitrogens is 1. The van der Waals surface area contributed by atoms with Crippen LogP contribution in [0.2, 0.25) is 0 Å². The van der Waals surface area contributed by atoms with E-state index in [9.17, 15) is 0 Å². The molecule has 1 atom stereocenters. The molecule has 0 aliphatic rings. The monoisotopic (exact) mass is 439 g/mol. The quantitative estimate of drug-likeness (QED) is 0.253. The smallest absolute Gasteiger partial charge is 0.114 e. The minimum atomic E-state index is 0. The highest BCUT2D eigenvalue weighted by Crippen LogP contribution is 2.29. The Labute approximate surface area is 181 Å². The average molecular weight is 441 g/mol. The van der Waals surface area contributed by atoms with Crippen molar-refractivity contribution in [2.75, 3.05) is 21.1 Å². The van der Waals surface area contributed by atoms with Crippen molar-refractivity contribution in [3.05, 3.63) is 35.9 Å². The van der Waals surface area contributed by atoms with Crippen molar-refractivity contribution in [3.63, 3.8) is 0 Å². The Kier molecular flexibility index (Phi) is 16.4. The van der Waals surface area contributed by atoms with Crippen LogP contribution in [0.25, 0.3) is 0 Å². The lowest BCUT2D eigenvalue weighted by molar-refractivity contribution is -0.902. The first-order valence-electron chi connectivity index (χ1n) is 11.4. The predicted octanol–water partition coefficient (Wildman–Crippen LogP) is 4.92. The van der Waals surface area contributed by atoms with E-state index in [0.29, 0.717) is 6.04 Å². The predicted molar refractivity (Wildman–Crippen MR) is 118 cm³/mol. The molecule has 0 fully saturated rings. The van der Waals surface area contributed by atoms with Gasteiger partial charge in [-0.2, -0.15) is 0 Å². The summed E-state index contributed by atoms with van der Waals surface area (Å²) < 4.78 is 1.03. The minimum Gasteiger partial charge on any atom is -1.00 e. The first kappa shape index (κ1) is 26.7. The molecule has 1 aromatic carbocycles. The largest absolute Gasteiger partial charge is 1.00 e. The molecule has 0 saturated carbocycles. The molecule has 0 saturated heterocycles. The van der Waals surface area contributed by atoms with Gasteiger partial charge in [-0.05, 0) is 6.42 Å². The fraction of sp³-hybridized carbons (Fsp3) is 0.760. The Morgan fingerprint density at radius 3 is 1.44 bits per heavy atom. The highest BCUT2D eigenvalue weighted by Gasteiger charge is 2.24. The van der Waals surface area contributed by atoms with Crippen LogP contribution in [0.1, 0.15) is 108 Å². The van der Waals surface area contributed by atoms with Gasteiger partial charge in [0.2, 0.25) is 0 Å². The summed E-state index contributed by atoms with van der Waals surface area (Å²) in [6.07, 6.45) is 20.0. The molecule has 158 valence electrons. The minimum absolute atomic E-state index is 0. The van der Waals surface area contributed by atoms with Gasteiger partial charge in [0.1, 0.15) is 6.04 Å². The fourth-order valence-electron chi connectivity index (χ4n) is 4.03. The summed E-state index contributed by atoms with van der Waals surface area (Å²) in [4.78, 5) is 0. The van der Waals surface area contributed by atoms with E-state index in [0.717, 1.165) is 4.48 Å². The standard InChI is InChI=1S/C25H46N.BrH/c1-5-6-7-8-9-10-11-12-13-14-15-16-20-23-25(26(2,3)4)24-21-18-17-19-22-24;/h17-19,21-22,25H,5-16,20,23H2,1-4H3;1H/q+1;/p-1. The Balaban J connectivity index is 0.00000676. The Morgan fingerprint density at radius 1 is 0.630 bits per heavy atom. The zero-order valence-corrected chi connectivity index (χ0v) is 20.3. The molecular formula is C25H46BrN. The second kappa shape index (κ2) is 16.6. The van der Waals surface area contributed by atoms with Gasteiger partial charge in [0.15, 0.2) is 0 Å². The van der Waals surface area contributed by atoms with Gasteiger partial charge in [-0.15, -0.1) is 0 Å². The van der Waals surface area contributed by atoms with E-state index in [1.807, 2.05) is 0 Å². The number of nitrogens with zero attached hydrogens (tertiary/aromatic N) is 1. The lowest BCUT2D eigenvalue weighted by Gasteiger charge is -2.34. The molecule has 0 aliphatic carbocycles. The van der Waals surface area contributed by atoms with Crippen LogP contribution in [0, 0.1) is 0 Å². The van der Waals surface area contributed by atoms with Crippen LogP contribution >= 0.6 is 0 Å². The third-order valence-electron chi connectivity index (χ3n) is 5.70. The Hall–Kier alpha value is -0.340. The second-order valence-electron chi connectivity index (χ2n) is 9.07. The number of hydrogen-bond donors (Lipinski definition) is 0. The van der Waals surface area contributed by atoms with Crippen LogP contribution in [-0.2, 0) is 0 Å². The van der Waals surface area contributed by atoms with Gasteiger partial charge in [-0.1, -0.05) is 114 Å². The van der Waals surface area contributed by atoms with Gasteiger partial charge in [0, 0.05) is 12.0 Å². The number of hydrogen-bond acceptors (Lipinski definition) is 0. The molecule has 27 heavy (non-hydrogen) atoms. The third kappa shape index (κ3) is 13.5. The van der Waals surface area contributed by atoms with Crippen molar-refractivity contribution in [1.82, 2.24) is 0 Å². The maximum atomic E-state index is 2.33. The van der Waals surface area contributed by atoms with Gasteiger partial charge in [0.05, 0.1) is 21.1 Å². The van der Waals surface area contributed by atoms with Crippen LogP contribution in [0.3, 0.4) is 0 Å². The third-order valence-corrected chi connectivity index (χ3v) is 5.70. The van der Waals surface area contributed by atoms with E-state index in [-0.39, 0.29) is 17.0 Å². The first-order valence-corrected chi connectivity index (χ1v) is 11.4. The molecule has 0 bridgehead atoms. The lowest BCUT2D eigenvalue weighted by atomic mass is 9.97. The molecule has 1 rings (SSSR count). The van der Waals surface area contributed by atoms with Crippen molar-refractivity contribution >= 4 is 0 Å². The van der Waals surface area contributed by atoms with E-state index >= 15 is 0 Å². The Bertz CT molecular complexity index is 424. The maximum absolute atomic E-state index is 2.33. The zero-order chi connectivity index (χ0) is 19.1. The van der Waals surface area contributed by atoms with Gasteiger partial charge in [-0.3, -0.25) is 0 Å². The van der Waals surface area contributed by atoms with Gasteiger partial charge >= 0.3 is 0 Å². The van der Waals surface area contributed by atoms with Crippen molar-refractivity contribution < 1.29 is 21.5 Å². The fourth-order valence-corrected chi connectivity index (χ4v) is 4.03. The van der Waals surface area contributed by atoms with Gasteiger partial charge in [-0.25, -0.2) is 0 Å². The van der Waals surface area contributed by atoms with Gasteiger partial charge < -0.3 is 21.5 Å². The van der Waals surface area contributed by atoms with Crippen LogP contribution < -0.4 is 17.0 Å². The molecule has 2 heteroatoms. The molecule has 0 N–H and O–H groups in total. The number of unbranched alkanes of at least 4 members (excludes halogenated alkanes) is 12. The van der Waals surface area contributed by atoms with Crippen LogP contribution in [0.15, 0.2) is 30.3 Å². The number of halogens is 1. The van der Waals surface area contributed by atoms with E-state index < -0.39 is 0 Å². The zero-order valence-electron chi connectivity index (χ0n) is 18.7. The van der Waals surface area contributed by atoms with E-state index in [4.69, 9.17) is 0 Å². The summed E-state index contributed by atoms with van der Waals surface area (Å²) in [5, 5.41) is 0. The Morgan fingerprint density at radius 2 is 1.04 bits per heavy atom. The summed E-state index contributed by atoms with van der Waals surface area (Å²) in [6.45, 7) is 2.30. The first-order chi connectivity index (χ1) is 12.6. The van der Waals surface area contributed by atoms with Crippen molar-refractivity contribution in [2.24, 2.45) is 0 Å². The molecule has 1 aromatic rings. The van der Waals surface area contributed by atoms with Crippen molar-refractivity contribution in [2.45, 2.75) is 103 Å². The summed E-state index contributed by atoms with van der Waals surface area (Å²) in [6, 6.07) is 11.7. The highest BCUT2D eigenvalue weighted by molar-refractivity contribution is 5.17. The lowest BCUT2D eigenvalue weighted by Crippen LogP contribution is -3.00. The normalized spacial score (nSPS) is 12.6. The van der Waals surface area contributed by atoms with Crippen molar-refractivity contribution in [1.29, 1.82) is 0 Å². The van der Waals surface area contributed by atoms with Crippen LogP contribution in [0.4, 0.5) is 0 Å². The summed E-state index contributed by atoms with van der Waals surface area (Å²) in [7, 11) is 7.00. The van der Waals surface area contributed by atoms with E-state index in [2.05, 4.69) is 58.4 Å². The molecule has 0 radical (unpaired) electrons. The number of rotatable bonds is 16. The molecule has 0 amide bonds. The summed E-state index contributed by atoms with van der Waals surface area (Å²) in [5.41, 5.74) is 1.50.